The standard InChI is InChI=1S/C23H25N9O/c1-23(20(33)25-17-6-2-3-11-24-17)10-5-13-32(23)22-27-19-7-4-12-31(19)21(28-22)26-18-14-16(29-30-18)15-8-9-15/h2-4,6-7,11-12,14-15H,5,8-10,13H2,1H3,(H,24,25,33)(H2,26,27,28,29,30)/t23-/m0/s1. The molecular formula is C23H25N9O. The van der Waals surface area contributed by atoms with Crippen LogP contribution in [0.1, 0.15) is 44.2 Å². The van der Waals surface area contributed by atoms with E-state index in [0.717, 1.165) is 17.8 Å². The molecule has 4 aromatic rings. The first-order chi connectivity index (χ1) is 16.1. The Hall–Kier alpha value is -3.95. The van der Waals surface area contributed by atoms with E-state index in [9.17, 15) is 4.79 Å². The summed E-state index contributed by atoms with van der Waals surface area (Å²) in [7, 11) is 0. The summed E-state index contributed by atoms with van der Waals surface area (Å²) in [5.74, 6) is 2.84. The smallest absolute Gasteiger partial charge is 0.251 e. The minimum Gasteiger partial charge on any atom is -0.326 e. The number of carbonyl (C=O) groups excluding carboxylic acids is 1. The highest BCUT2D eigenvalue weighted by atomic mass is 16.2. The number of nitrogens with one attached hydrogen (secondary N) is 3. The van der Waals surface area contributed by atoms with E-state index in [1.54, 1.807) is 12.3 Å². The zero-order chi connectivity index (χ0) is 22.4. The van der Waals surface area contributed by atoms with E-state index < -0.39 is 5.54 Å². The van der Waals surface area contributed by atoms with Gasteiger partial charge in [-0.25, -0.2) is 4.98 Å². The van der Waals surface area contributed by atoms with Gasteiger partial charge in [0.1, 0.15) is 17.0 Å². The molecule has 1 aliphatic carbocycles. The number of fused-ring (bicyclic) bond motifs is 1. The molecule has 1 saturated heterocycles. The van der Waals surface area contributed by atoms with Crippen LogP contribution < -0.4 is 15.5 Å². The summed E-state index contributed by atoms with van der Waals surface area (Å²) in [6.07, 6.45) is 7.55. The Kier molecular flexibility index (Phi) is 4.53. The fraction of sp³-hybridized carbons (Fsp3) is 0.348. The molecule has 5 heterocycles. The quantitative estimate of drug-likeness (QED) is 0.418. The normalized spacial score (nSPS) is 20.3. The van der Waals surface area contributed by atoms with Crippen LogP contribution in [0, 0.1) is 0 Å². The van der Waals surface area contributed by atoms with Crippen molar-refractivity contribution in [2.24, 2.45) is 0 Å². The first-order valence-corrected chi connectivity index (χ1v) is 11.3. The van der Waals surface area contributed by atoms with Crippen LogP contribution >= 0.6 is 0 Å². The zero-order valence-electron chi connectivity index (χ0n) is 18.3. The summed E-state index contributed by atoms with van der Waals surface area (Å²) in [5.41, 5.74) is 1.11. The maximum Gasteiger partial charge on any atom is 0.251 e. The fourth-order valence-electron chi connectivity index (χ4n) is 4.45. The topological polar surface area (TPSA) is 116 Å². The predicted molar refractivity (Wildman–Crippen MR) is 125 cm³/mol. The minimum absolute atomic E-state index is 0.117. The summed E-state index contributed by atoms with van der Waals surface area (Å²) >= 11 is 0. The van der Waals surface area contributed by atoms with Crippen LogP contribution in [-0.4, -0.2) is 47.5 Å². The van der Waals surface area contributed by atoms with E-state index in [4.69, 9.17) is 9.97 Å². The van der Waals surface area contributed by atoms with Gasteiger partial charge in [-0.05, 0) is 56.9 Å². The average molecular weight is 444 g/mol. The number of rotatable bonds is 6. The monoisotopic (exact) mass is 443 g/mol. The van der Waals surface area contributed by atoms with Crippen LogP contribution in [0.25, 0.3) is 5.65 Å². The Bertz CT molecular complexity index is 1310. The number of aromatic nitrogens is 6. The van der Waals surface area contributed by atoms with Crippen molar-refractivity contribution in [3.8, 4) is 0 Å². The number of nitrogens with zero attached hydrogens (tertiary/aromatic N) is 6. The van der Waals surface area contributed by atoms with Crippen molar-refractivity contribution in [1.29, 1.82) is 0 Å². The second-order valence-corrected chi connectivity index (χ2v) is 8.89. The molecule has 0 radical (unpaired) electrons. The first-order valence-electron chi connectivity index (χ1n) is 11.3. The Morgan fingerprint density at radius 1 is 1.18 bits per heavy atom. The Balaban J connectivity index is 1.32. The summed E-state index contributed by atoms with van der Waals surface area (Å²) in [5, 5.41) is 13.8. The third kappa shape index (κ3) is 3.57. The molecule has 6 rings (SSSR count). The molecule has 1 aliphatic heterocycles. The van der Waals surface area contributed by atoms with Gasteiger partial charge in [-0.1, -0.05) is 6.07 Å². The summed E-state index contributed by atoms with van der Waals surface area (Å²) < 4.78 is 1.89. The first kappa shape index (κ1) is 19.7. The molecule has 0 spiro atoms. The Morgan fingerprint density at radius 2 is 2.09 bits per heavy atom. The maximum absolute atomic E-state index is 13.3. The molecule has 33 heavy (non-hydrogen) atoms. The third-order valence-electron chi connectivity index (χ3n) is 6.51. The van der Waals surface area contributed by atoms with E-state index in [1.165, 1.54) is 12.8 Å². The molecule has 1 atom stereocenters. The number of anilines is 4. The number of carbonyl (C=O) groups is 1. The number of amides is 1. The zero-order valence-corrected chi connectivity index (χ0v) is 18.3. The van der Waals surface area contributed by atoms with Crippen LogP contribution in [0.5, 0.6) is 0 Å². The molecule has 3 N–H and O–H groups in total. The molecule has 168 valence electrons. The summed E-state index contributed by atoms with van der Waals surface area (Å²) in [6, 6.07) is 11.3. The number of hydrogen-bond donors (Lipinski definition) is 3. The molecule has 0 aromatic carbocycles. The summed E-state index contributed by atoms with van der Waals surface area (Å²) in [6.45, 7) is 2.63. The van der Waals surface area contributed by atoms with Gasteiger partial charge in [-0.15, -0.1) is 0 Å². The molecule has 10 heteroatoms. The molecular weight excluding hydrogens is 418 g/mol. The Labute approximate surface area is 190 Å². The number of aromatic amines is 1. The SMILES string of the molecule is C[C@@]1(C(=O)Nc2ccccn2)CCCN1c1nc(Nc2cc(C3CC3)[nH]n2)n2cccc2n1. The molecule has 10 nitrogen and oxygen atoms in total. The van der Waals surface area contributed by atoms with Crippen LogP contribution in [0.15, 0.2) is 48.8 Å². The molecule has 1 amide bonds. The minimum atomic E-state index is -0.787. The van der Waals surface area contributed by atoms with Crippen molar-refractivity contribution in [2.45, 2.75) is 44.1 Å². The van der Waals surface area contributed by atoms with Gasteiger partial charge >= 0.3 is 0 Å². The lowest BCUT2D eigenvalue weighted by molar-refractivity contribution is -0.120. The highest BCUT2D eigenvalue weighted by Gasteiger charge is 2.45. The van der Waals surface area contributed by atoms with E-state index in [-0.39, 0.29) is 5.91 Å². The second-order valence-electron chi connectivity index (χ2n) is 8.89. The maximum atomic E-state index is 13.3. The van der Waals surface area contributed by atoms with Crippen molar-refractivity contribution < 1.29 is 4.79 Å². The van der Waals surface area contributed by atoms with Gasteiger partial charge < -0.3 is 15.5 Å². The van der Waals surface area contributed by atoms with Crippen molar-refractivity contribution in [2.75, 3.05) is 22.1 Å². The molecule has 0 unspecified atom stereocenters. The van der Waals surface area contributed by atoms with Gasteiger partial charge in [0.2, 0.25) is 11.9 Å². The molecule has 1 saturated carbocycles. The highest BCUT2D eigenvalue weighted by Crippen LogP contribution is 2.40. The lowest BCUT2D eigenvalue weighted by Crippen LogP contribution is -2.51. The number of hydrogen-bond acceptors (Lipinski definition) is 7. The van der Waals surface area contributed by atoms with Crippen molar-refractivity contribution >= 4 is 35.1 Å². The van der Waals surface area contributed by atoms with Crippen molar-refractivity contribution in [1.82, 2.24) is 29.5 Å². The summed E-state index contributed by atoms with van der Waals surface area (Å²) in [4.78, 5) is 29.1. The molecule has 2 fully saturated rings. The fourth-order valence-corrected chi connectivity index (χ4v) is 4.45. The second kappa shape index (κ2) is 7.58. The largest absolute Gasteiger partial charge is 0.326 e. The molecule has 0 bridgehead atoms. The van der Waals surface area contributed by atoms with Crippen LogP contribution in [0.3, 0.4) is 0 Å². The van der Waals surface area contributed by atoms with Gasteiger partial charge in [-0.2, -0.15) is 15.1 Å². The van der Waals surface area contributed by atoms with E-state index >= 15 is 0 Å². The molecule has 2 aliphatic rings. The van der Waals surface area contributed by atoms with Crippen molar-refractivity contribution in [3.63, 3.8) is 0 Å². The lowest BCUT2D eigenvalue weighted by atomic mass is 9.98. The van der Waals surface area contributed by atoms with E-state index in [1.807, 2.05) is 52.8 Å². The van der Waals surface area contributed by atoms with Gasteiger partial charge in [0.15, 0.2) is 5.82 Å². The van der Waals surface area contributed by atoms with Gasteiger partial charge in [0.05, 0.1) is 0 Å². The van der Waals surface area contributed by atoms with Gasteiger partial charge in [0.25, 0.3) is 5.91 Å². The van der Waals surface area contributed by atoms with E-state index in [0.29, 0.717) is 42.4 Å². The number of H-pyrrole nitrogens is 1. The number of pyridine rings is 1. The van der Waals surface area contributed by atoms with Crippen LogP contribution in [0.2, 0.25) is 0 Å². The molecule has 4 aromatic heterocycles. The Morgan fingerprint density at radius 3 is 2.91 bits per heavy atom. The lowest BCUT2D eigenvalue weighted by Gasteiger charge is -2.34. The van der Waals surface area contributed by atoms with E-state index in [2.05, 4.69) is 25.8 Å². The van der Waals surface area contributed by atoms with Gasteiger partial charge in [0, 0.05) is 36.6 Å². The average Bonchev–Trinajstić information content (AvgIpc) is 3.20. The van der Waals surface area contributed by atoms with Crippen LogP contribution in [-0.2, 0) is 4.79 Å². The predicted octanol–water partition coefficient (Wildman–Crippen LogP) is 3.47. The van der Waals surface area contributed by atoms with Crippen molar-refractivity contribution in [3.05, 3.63) is 54.5 Å². The third-order valence-corrected chi connectivity index (χ3v) is 6.51. The highest BCUT2D eigenvalue weighted by molar-refractivity contribution is 5.99. The van der Waals surface area contributed by atoms with Gasteiger partial charge in [-0.3, -0.25) is 14.3 Å². The van der Waals surface area contributed by atoms with Crippen LogP contribution in [0.4, 0.5) is 23.5 Å².